The van der Waals surface area contributed by atoms with E-state index in [9.17, 15) is 5.11 Å². The van der Waals surface area contributed by atoms with Crippen molar-refractivity contribution in [2.75, 3.05) is 0 Å². The molecule has 1 N–H and O–H groups in total. The molecule has 0 aromatic heterocycles. The summed E-state index contributed by atoms with van der Waals surface area (Å²) < 4.78 is 0. The van der Waals surface area contributed by atoms with Crippen molar-refractivity contribution in [3.8, 4) is 0 Å². The lowest BCUT2D eigenvalue weighted by atomic mass is 9.74. The van der Waals surface area contributed by atoms with Gasteiger partial charge < -0.3 is 5.11 Å². The molecule has 0 aliphatic heterocycles. The van der Waals surface area contributed by atoms with Crippen LogP contribution >= 0.6 is 0 Å². The molecule has 0 radical (unpaired) electrons. The first-order valence-corrected chi connectivity index (χ1v) is 6.43. The van der Waals surface area contributed by atoms with Crippen LogP contribution in [0.25, 0.3) is 0 Å². The Labute approximate surface area is 97.5 Å². The predicted octanol–water partition coefficient (Wildman–Crippen LogP) is 3.49. The molecule has 0 saturated heterocycles. The standard InChI is InChI=1S/C15H20O/c1-14-9-5-10-15(14,16)13(8-11-14)12-6-3-2-4-7-12/h2-4,6-7,13,16H,5,8-11H2,1H3/t13-,14-,15-/m0/s1. The Morgan fingerprint density at radius 1 is 1.12 bits per heavy atom. The van der Waals surface area contributed by atoms with Crippen molar-refractivity contribution in [2.45, 2.75) is 50.5 Å². The van der Waals surface area contributed by atoms with E-state index in [1.807, 2.05) is 0 Å². The maximum absolute atomic E-state index is 11.0. The summed E-state index contributed by atoms with van der Waals surface area (Å²) in [6.45, 7) is 2.28. The molecule has 0 spiro atoms. The molecule has 3 atom stereocenters. The topological polar surface area (TPSA) is 20.2 Å². The number of hydrogen-bond donors (Lipinski definition) is 1. The number of aliphatic hydroxyl groups is 1. The maximum atomic E-state index is 11.0. The zero-order valence-electron chi connectivity index (χ0n) is 9.95. The molecule has 2 fully saturated rings. The van der Waals surface area contributed by atoms with Gasteiger partial charge in [0.25, 0.3) is 0 Å². The summed E-state index contributed by atoms with van der Waals surface area (Å²) in [4.78, 5) is 0. The molecule has 0 heterocycles. The number of hydrogen-bond acceptors (Lipinski definition) is 1. The molecule has 0 unspecified atom stereocenters. The molecular formula is C15H20O. The van der Waals surface area contributed by atoms with Gasteiger partial charge in [-0.2, -0.15) is 0 Å². The van der Waals surface area contributed by atoms with Crippen LogP contribution in [0.2, 0.25) is 0 Å². The lowest BCUT2D eigenvalue weighted by molar-refractivity contribution is -0.0400. The summed E-state index contributed by atoms with van der Waals surface area (Å²) in [6, 6.07) is 10.6. The van der Waals surface area contributed by atoms with Gasteiger partial charge >= 0.3 is 0 Å². The van der Waals surface area contributed by atoms with Crippen LogP contribution in [0.15, 0.2) is 30.3 Å². The molecule has 2 aliphatic carbocycles. The summed E-state index contributed by atoms with van der Waals surface area (Å²) in [5, 5.41) is 11.0. The fraction of sp³-hybridized carbons (Fsp3) is 0.600. The van der Waals surface area contributed by atoms with Crippen LogP contribution in [0, 0.1) is 5.41 Å². The zero-order chi connectivity index (χ0) is 11.2. The molecule has 1 aromatic carbocycles. The molecule has 0 bridgehead atoms. The van der Waals surface area contributed by atoms with Gasteiger partial charge in [-0.25, -0.2) is 0 Å². The highest BCUT2D eigenvalue weighted by atomic mass is 16.3. The van der Waals surface area contributed by atoms with Crippen LogP contribution in [0.3, 0.4) is 0 Å². The van der Waals surface area contributed by atoms with Crippen molar-refractivity contribution in [1.29, 1.82) is 0 Å². The summed E-state index contributed by atoms with van der Waals surface area (Å²) >= 11 is 0. The summed E-state index contributed by atoms with van der Waals surface area (Å²) in [5.41, 5.74) is 1.07. The van der Waals surface area contributed by atoms with E-state index in [1.165, 1.54) is 24.8 Å². The predicted molar refractivity (Wildman–Crippen MR) is 65.3 cm³/mol. The lowest BCUT2D eigenvalue weighted by Crippen LogP contribution is -2.40. The van der Waals surface area contributed by atoms with E-state index in [0.29, 0.717) is 5.92 Å². The number of benzene rings is 1. The summed E-state index contributed by atoms with van der Waals surface area (Å²) in [5.74, 6) is 0.362. The van der Waals surface area contributed by atoms with Gasteiger partial charge in [-0.05, 0) is 43.1 Å². The normalized spacial score (nSPS) is 42.2. The largest absolute Gasteiger partial charge is 0.389 e. The molecule has 2 saturated carbocycles. The van der Waals surface area contributed by atoms with Gasteiger partial charge in [-0.1, -0.05) is 37.3 Å². The van der Waals surface area contributed by atoms with E-state index < -0.39 is 5.60 Å². The second kappa shape index (κ2) is 3.33. The van der Waals surface area contributed by atoms with Crippen molar-refractivity contribution in [3.63, 3.8) is 0 Å². The fourth-order valence-corrected chi connectivity index (χ4v) is 4.03. The Balaban J connectivity index is 2.00. The van der Waals surface area contributed by atoms with Crippen molar-refractivity contribution in [2.24, 2.45) is 5.41 Å². The molecule has 1 nitrogen and oxygen atoms in total. The third-order valence-electron chi connectivity index (χ3n) is 5.09. The van der Waals surface area contributed by atoms with Gasteiger partial charge in [0.1, 0.15) is 0 Å². The number of rotatable bonds is 1. The lowest BCUT2D eigenvalue weighted by Gasteiger charge is -2.37. The third-order valence-corrected chi connectivity index (χ3v) is 5.09. The molecule has 3 rings (SSSR count). The summed E-state index contributed by atoms with van der Waals surface area (Å²) in [7, 11) is 0. The molecule has 16 heavy (non-hydrogen) atoms. The van der Waals surface area contributed by atoms with E-state index in [0.717, 1.165) is 12.8 Å². The molecule has 2 aliphatic rings. The minimum atomic E-state index is -0.436. The molecular weight excluding hydrogens is 196 g/mol. The van der Waals surface area contributed by atoms with E-state index >= 15 is 0 Å². The Bertz CT molecular complexity index is 386. The Kier molecular flexibility index (Phi) is 2.16. The number of fused-ring (bicyclic) bond motifs is 1. The third kappa shape index (κ3) is 1.21. The average Bonchev–Trinajstić information content (AvgIpc) is 2.70. The van der Waals surface area contributed by atoms with Gasteiger partial charge in [0.15, 0.2) is 0 Å². The SMILES string of the molecule is C[C@@]12CCC[C@]1(O)[C@H](c1ccccc1)CC2. The highest BCUT2D eigenvalue weighted by Gasteiger charge is 2.59. The second-order valence-electron chi connectivity index (χ2n) is 5.84. The Morgan fingerprint density at radius 3 is 2.62 bits per heavy atom. The highest BCUT2D eigenvalue weighted by Crippen LogP contribution is 2.62. The average molecular weight is 216 g/mol. The van der Waals surface area contributed by atoms with Crippen LogP contribution in [-0.4, -0.2) is 10.7 Å². The van der Waals surface area contributed by atoms with Gasteiger partial charge in [0, 0.05) is 5.92 Å². The molecule has 1 aromatic rings. The first kappa shape index (κ1) is 10.3. The minimum Gasteiger partial charge on any atom is -0.389 e. The monoisotopic (exact) mass is 216 g/mol. The van der Waals surface area contributed by atoms with E-state index in [-0.39, 0.29) is 5.41 Å². The molecule has 1 heteroatoms. The second-order valence-corrected chi connectivity index (χ2v) is 5.84. The van der Waals surface area contributed by atoms with E-state index in [4.69, 9.17) is 0 Å². The van der Waals surface area contributed by atoms with Crippen LogP contribution in [0.4, 0.5) is 0 Å². The fourth-order valence-electron chi connectivity index (χ4n) is 4.03. The quantitative estimate of drug-likeness (QED) is 0.762. The van der Waals surface area contributed by atoms with Crippen LogP contribution in [0.5, 0.6) is 0 Å². The Hall–Kier alpha value is -0.820. The van der Waals surface area contributed by atoms with Gasteiger partial charge in [-0.15, -0.1) is 0 Å². The first-order chi connectivity index (χ1) is 7.66. The van der Waals surface area contributed by atoms with E-state index in [2.05, 4.69) is 37.3 Å². The van der Waals surface area contributed by atoms with Gasteiger partial charge in [0.05, 0.1) is 5.60 Å². The van der Waals surface area contributed by atoms with Crippen molar-refractivity contribution in [3.05, 3.63) is 35.9 Å². The van der Waals surface area contributed by atoms with Crippen molar-refractivity contribution >= 4 is 0 Å². The highest BCUT2D eigenvalue weighted by molar-refractivity contribution is 5.28. The van der Waals surface area contributed by atoms with Gasteiger partial charge in [0.2, 0.25) is 0 Å². The van der Waals surface area contributed by atoms with E-state index in [1.54, 1.807) is 0 Å². The summed E-state index contributed by atoms with van der Waals surface area (Å²) in [6.07, 6.45) is 5.71. The van der Waals surface area contributed by atoms with Crippen LogP contribution in [-0.2, 0) is 0 Å². The smallest absolute Gasteiger partial charge is 0.0769 e. The minimum absolute atomic E-state index is 0.174. The van der Waals surface area contributed by atoms with Gasteiger partial charge in [-0.3, -0.25) is 0 Å². The van der Waals surface area contributed by atoms with Crippen molar-refractivity contribution < 1.29 is 5.11 Å². The molecule has 86 valence electrons. The zero-order valence-corrected chi connectivity index (χ0v) is 9.95. The Morgan fingerprint density at radius 2 is 1.88 bits per heavy atom. The van der Waals surface area contributed by atoms with Crippen LogP contribution in [0.1, 0.15) is 50.5 Å². The van der Waals surface area contributed by atoms with Crippen LogP contribution < -0.4 is 0 Å². The van der Waals surface area contributed by atoms with Crippen molar-refractivity contribution in [1.82, 2.24) is 0 Å². The first-order valence-electron chi connectivity index (χ1n) is 6.43. The maximum Gasteiger partial charge on any atom is 0.0769 e. The molecule has 0 amide bonds.